The van der Waals surface area contributed by atoms with E-state index in [-0.39, 0.29) is 22.6 Å². The Balaban J connectivity index is 1.64. The lowest BCUT2D eigenvalue weighted by atomic mass is 9.98. The Hall–Kier alpha value is -1.97. The van der Waals surface area contributed by atoms with Crippen LogP contribution in [0.3, 0.4) is 0 Å². The number of nitro benzene ring substituents is 1. The van der Waals surface area contributed by atoms with E-state index < -0.39 is 4.92 Å². The van der Waals surface area contributed by atoms with Crippen LogP contribution >= 0.6 is 23.1 Å². The van der Waals surface area contributed by atoms with Crippen molar-refractivity contribution in [1.82, 2.24) is 14.8 Å². The SMILES string of the molecule is CSc1ccc([N+](=O)[O-])c(C(=O)N2CCN(Cc3csc(C(C)(C)C)n3)CC2)c1. The Morgan fingerprint density at radius 2 is 1.97 bits per heavy atom. The Morgan fingerprint density at radius 3 is 2.52 bits per heavy atom. The molecule has 0 aliphatic carbocycles. The first-order chi connectivity index (χ1) is 13.7. The van der Waals surface area contributed by atoms with Crippen LogP contribution in [0.2, 0.25) is 0 Å². The molecule has 0 bridgehead atoms. The van der Waals surface area contributed by atoms with Crippen LogP contribution in [0.1, 0.15) is 41.8 Å². The van der Waals surface area contributed by atoms with Crippen LogP contribution < -0.4 is 0 Å². The molecule has 7 nitrogen and oxygen atoms in total. The van der Waals surface area contributed by atoms with Gasteiger partial charge in [0.15, 0.2) is 0 Å². The summed E-state index contributed by atoms with van der Waals surface area (Å²) in [7, 11) is 0. The maximum Gasteiger partial charge on any atom is 0.282 e. The molecule has 2 aromatic rings. The van der Waals surface area contributed by atoms with Crippen molar-refractivity contribution in [3.8, 4) is 0 Å². The molecule has 0 saturated carbocycles. The fourth-order valence-electron chi connectivity index (χ4n) is 3.21. The third kappa shape index (κ3) is 5.15. The Morgan fingerprint density at radius 1 is 1.28 bits per heavy atom. The molecule has 1 aliphatic rings. The van der Waals surface area contributed by atoms with Crippen LogP contribution in [0.15, 0.2) is 28.5 Å². The van der Waals surface area contributed by atoms with E-state index in [9.17, 15) is 14.9 Å². The Bertz CT molecular complexity index is 899. The second-order valence-electron chi connectivity index (χ2n) is 8.10. The van der Waals surface area contributed by atoms with Gasteiger partial charge in [-0.15, -0.1) is 23.1 Å². The van der Waals surface area contributed by atoms with Crippen molar-refractivity contribution in [2.45, 2.75) is 37.6 Å². The van der Waals surface area contributed by atoms with Crippen molar-refractivity contribution >= 4 is 34.7 Å². The number of carbonyl (C=O) groups is 1. The largest absolute Gasteiger partial charge is 0.336 e. The van der Waals surface area contributed by atoms with Gasteiger partial charge in [-0.2, -0.15) is 0 Å². The molecule has 1 amide bonds. The number of nitro groups is 1. The number of piperazine rings is 1. The van der Waals surface area contributed by atoms with Crippen LogP contribution in [0.5, 0.6) is 0 Å². The van der Waals surface area contributed by atoms with Gasteiger partial charge in [-0.1, -0.05) is 20.8 Å². The molecule has 3 rings (SSSR count). The summed E-state index contributed by atoms with van der Waals surface area (Å²) in [6.45, 7) is 9.79. The maximum atomic E-state index is 13.0. The molecular weight excluding hydrogens is 408 g/mol. The van der Waals surface area contributed by atoms with Gasteiger partial charge in [0.05, 0.1) is 15.6 Å². The molecule has 0 atom stereocenters. The summed E-state index contributed by atoms with van der Waals surface area (Å²) in [4.78, 5) is 33.4. The molecule has 156 valence electrons. The minimum absolute atomic E-state index is 0.0497. The van der Waals surface area contributed by atoms with Crippen molar-refractivity contribution in [3.63, 3.8) is 0 Å². The molecular formula is C20H26N4O3S2. The van der Waals surface area contributed by atoms with Crippen molar-refractivity contribution in [2.75, 3.05) is 32.4 Å². The molecule has 1 aromatic carbocycles. The molecule has 9 heteroatoms. The van der Waals surface area contributed by atoms with Gasteiger partial charge in [-0.3, -0.25) is 19.8 Å². The molecule has 0 spiro atoms. The van der Waals surface area contributed by atoms with Gasteiger partial charge < -0.3 is 4.90 Å². The quantitative estimate of drug-likeness (QED) is 0.402. The van der Waals surface area contributed by atoms with Gasteiger partial charge in [0.25, 0.3) is 11.6 Å². The first-order valence-electron chi connectivity index (χ1n) is 9.48. The Labute approximate surface area is 179 Å². The number of benzene rings is 1. The molecule has 2 heterocycles. The predicted octanol–water partition coefficient (Wildman–Crippen LogP) is 4.03. The number of hydrogen-bond acceptors (Lipinski definition) is 7. The average molecular weight is 435 g/mol. The number of nitrogens with zero attached hydrogens (tertiary/aromatic N) is 4. The van der Waals surface area contributed by atoms with Gasteiger partial charge in [0.2, 0.25) is 0 Å². The number of thioether (sulfide) groups is 1. The second-order valence-corrected chi connectivity index (χ2v) is 9.84. The summed E-state index contributed by atoms with van der Waals surface area (Å²) in [5.41, 5.74) is 1.15. The fraction of sp³-hybridized carbons (Fsp3) is 0.500. The van der Waals surface area contributed by atoms with Crippen LogP contribution in [-0.4, -0.2) is 58.0 Å². The third-order valence-corrected chi connectivity index (χ3v) is 6.91. The summed E-state index contributed by atoms with van der Waals surface area (Å²) >= 11 is 3.15. The van der Waals surface area contributed by atoms with E-state index in [0.717, 1.165) is 35.2 Å². The van der Waals surface area contributed by atoms with Crippen molar-refractivity contribution in [1.29, 1.82) is 0 Å². The molecule has 1 aromatic heterocycles. The van der Waals surface area contributed by atoms with Crippen molar-refractivity contribution in [2.24, 2.45) is 0 Å². The lowest BCUT2D eigenvalue weighted by Gasteiger charge is -2.34. The van der Waals surface area contributed by atoms with E-state index in [4.69, 9.17) is 4.98 Å². The number of carbonyl (C=O) groups excluding carboxylic acids is 1. The summed E-state index contributed by atoms with van der Waals surface area (Å²) in [5, 5.41) is 14.6. The van der Waals surface area contributed by atoms with Crippen LogP contribution in [0.4, 0.5) is 5.69 Å². The highest BCUT2D eigenvalue weighted by molar-refractivity contribution is 7.98. The van der Waals surface area contributed by atoms with Crippen LogP contribution in [-0.2, 0) is 12.0 Å². The summed E-state index contributed by atoms with van der Waals surface area (Å²) in [5.74, 6) is -0.268. The number of rotatable bonds is 5. The lowest BCUT2D eigenvalue weighted by molar-refractivity contribution is -0.385. The van der Waals surface area contributed by atoms with E-state index in [1.165, 1.54) is 17.8 Å². The first-order valence-corrected chi connectivity index (χ1v) is 11.6. The third-order valence-electron chi connectivity index (χ3n) is 4.87. The smallest absolute Gasteiger partial charge is 0.282 e. The second kappa shape index (κ2) is 8.81. The van der Waals surface area contributed by atoms with Crippen molar-refractivity contribution in [3.05, 3.63) is 50.0 Å². The number of hydrogen-bond donors (Lipinski definition) is 0. The highest BCUT2D eigenvalue weighted by Gasteiger charge is 2.28. The number of aromatic nitrogens is 1. The van der Waals surface area contributed by atoms with E-state index in [1.807, 2.05) is 6.26 Å². The highest BCUT2D eigenvalue weighted by atomic mass is 32.2. The van der Waals surface area contributed by atoms with Crippen LogP contribution in [0.25, 0.3) is 0 Å². The van der Waals surface area contributed by atoms with Crippen LogP contribution in [0, 0.1) is 10.1 Å². The van der Waals surface area contributed by atoms with E-state index >= 15 is 0 Å². The monoisotopic (exact) mass is 434 g/mol. The minimum Gasteiger partial charge on any atom is -0.336 e. The van der Waals surface area contributed by atoms with Gasteiger partial charge in [0, 0.05) is 54.5 Å². The zero-order valence-electron chi connectivity index (χ0n) is 17.2. The van der Waals surface area contributed by atoms with Gasteiger partial charge in [0.1, 0.15) is 5.56 Å². The normalized spacial score (nSPS) is 15.5. The zero-order chi connectivity index (χ0) is 21.2. The first kappa shape index (κ1) is 21.7. The van der Waals surface area contributed by atoms with Crippen molar-refractivity contribution < 1.29 is 9.72 Å². The molecule has 0 unspecified atom stereocenters. The van der Waals surface area contributed by atoms with E-state index in [2.05, 4.69) is 31.1 Å². The number of thiazole rings is 1. The van der Waals surface area contributed by atoms with Gasteiger partial charge in [-0.05, 0) is 18.4 Å². The fourth-order valence-corrected chi connectivity index (χ4v) is 4.54. The summed E-state index contributed by atoms with van der Waals surface area (Å²) in [6, 6.07) is 4.72. The maximum absolute atomic E-state index is 13.0. The minimum atomic E-state index is -0.483. The van der Waals surface area contributed by atoms with Gasteiger partial charge >= 0.3 is 0 Å². The lowest BCUT2D eigenvalue weighted by Crippen LogP contribution is -2.48. The molecule has 1 fully saturated rings. The topological polar surface area (TPSA) is 79.6 Å². The van der Waals surface area contributed by atoms with Gasteiger partial charge in [-0.25, -0.2) is 4.98 Å². The molecule has 0 radical (unpaired) electrons. The predicted molar refractivity (Wildman–Crippen MR) is 117 cm³/mol. The molecule has 1 aliphatic heterocycles. The highest BCUT2D eigenvalue weighted by Crippen LogP contribution is 2.28. The zero-order valence-corrected chi connectivity index (χ0v) is 18.8. The standard InChI is InChI=1S/C20H26N4O3S2/c1-20(2,3)19-21-14(13-29-19)12-22-7-9-23(10-8-22)18(25)16-11-15(28-4)5-6-17(16)24(26)27/h5-6,11,13H,7-10,12H2,1-4H3. The summed E-state index contributed by atoms with van der Waals surface area (Å²) < 4.78 is 0. The van der Waals surface area contributed by atoms with E-state index in [0.29, 0.717) is 13.1 Å². The summed E-state index contributed by atoms with van der Waals surface area (Å²) in [6.07, 6.45) is 1.89. The molecule has 0 N–H and O–H groups in total. The average Bonchev–Trinajstić information content (AvgIpc) is 3.16. The van der Waals surface area contributed by atoms with E-state index in [1.54, 1.807) is 28.4 Å². The number of amides is 1. The Kier molecular flexibility index (Phi) is 6.60. The molecule has 1 saturated heterocycles. The molecule has 29 heavy (non-hydrogen) atoms.